The van der Waals surface area contributed by atoms with E-state index in [1.807, 2.05) is 0 Å². The van der Waals surface area contributed by atoms with Crippen molar-refractivity contribution in [3.8, 4) is 0 Å². The van der Waals surface area contributed by atoms with E-state index in [4.69, 9.17) is 0 Å². The zero-order valence-corrected chi connectivity index (χ0v) is 17.9. The van der Waals surface area contributed by atoms with Gasteiger partial charge in [0.2, 0.25) is 11.8 Å². The largest absolute Gasteiger partial charge is 0.339 e. The highest BCUT2D eigenvalue weighted by molar-refractivity contribution is 7.91. The number of carbonyl (C=O) groups is 2. The van der Waals surface area contributed by atoms with Crippen molar-refractivity contribution < 1.29 is 22.4 Å². The fraction of sp³-hybridized carbons (Fsp3) is 0.391. The molecule has 2 atom stereocenters. The molecule has 1 aliphatic heterocycles. The molecule has 1 saturated carbocycles. The van der Waals surface area contributed by atoms with Gasteiger partial charge < -0.3 is 9.80 Å². The first-order chi connectivity index (χ1) is 14.8. The van der Waals surface area contributed by atoms with Gasteiger partial charge in [-0.05, 0) is 42.2 Å². The van der Waals surface area contributed by atoms with Crippen LogP contribution in [0.25, 0.3) is 0 Å². The van der Waals surface area contributed by atoms with Crippen LogP contribution in [0.2, 0.25) is 0 Å². The van der Waals surface area contributed by atoms with Gasteiger partial charge in [-0.25, -0.2) is 12.8 Å². The Labute approximate surface area is 181 Å². The normalized spacial score (nSPS) is 21.1. The molecule has 6 nitrogen and oxygen atoms in total. The van der Waals surface area contributed by atoms with Gasteiger partial charge in [-0.1, -0.05) is 30.3 Å². The van der Waals surface area contributed by atoms with E-state index >= 15 is 0 Å². The first kappa shape index (κ1) is 21.5. The first-order valence-corrected chi connectivity index (χ1v) is 12.1. The average molecular weight is 445 g/mol. The Morgan fingerprint density at radius 3 is 2.16 bits per heavy atom. The summed E-state index contributed by atoms with van der Waals surface area (Å²) >= 11 is 0. The van der Waals surface area contributed by atoms with Crippen molar-refractivity contribution in [1.82, 2.24) is 9.80 Å². The Morgan fingerprint density at radius 2 is 1.52 bits per heavy atom. The number of piperazine rings is 1. The Kier molecular flexibility index (Phi) is 6.09. The van der Waals surface area contributed by atoms with Crippen LogP contribution in [-0.4, -0.2) is 62.0 Å². The van der Waals surface area contributed by atoms with Gasteiger partial charge in [0.15, 0.2) is 9.84 Å². The van der Waals surface area contributed by atoms with E-state index in [1.165, 1.54) is 24.3 Å². The number of nitrogens with zero attached hydrogens (tertiary/aromatic N) is 2. The van der Waals surface area contributed by atoms with Crippen LogP contribution in [0.5, 0.6) is 0 Å². The third-order valence-electron chi connectivity index (χ3n) is 6.04. The predicted octanol–water partition coefficient (Wildman–Crippen LogP) is 2.46. The van der Waals surface area contributed by atoms with Gasteiger partial charge in [-0.15, -0.1) is 0 Å². The minimum Gasteiger partial charge on any atom is -0.339 e. The number of hydrogen-bond acceptors (Lipinski definition) is 4. The van der Waals surface area contributed by atoms with E-state index in [9.17, 15) is 22.4 Å². The highest BCUT2D eigenvalue weighted by Crippen LogP contribution is 2.48. The van der Waals surface area contributed by atoms with E-state index in [-0.39, 0.29) is 46.5 Å². The van der Waals surface area contributed by atoms with E-state index in [2.05, 4.69) is 0 Å². The second-order valence-corrected chi connectivity index (χ2v) is 10.2. The van der Waals surface area contributed by atoms with Crippen LogP contribution in [-0.2, 0) is 19.4 Å². The van der Waals surface area contributed by atoms with Crippen molar-refractivity contribution >= 4 is 21.7 Å². The summed E-state index contributed by atoms with van der Waals surface area (Å²) in [6, 6.07) is 14.4. The summed E-state index contributed by atoms with van der Waals surface area (Å²) in [5.41, 5.74) is 0.980. The van der Waals surface area contributed by atoms with Crippen LogP contribution < -0.4 is 0 Å². The smallest absolute Gasteiger partial charge is 0.226 e. The number of amides is 2. The summed E-state index contributed by atoms with van der Waals surface area (Å²) < 4.78 is 37.8. The van der Waals surface area contributed by atoms with Crippen LogP contribution in [0.1, 0.15) is 24.3 Å². The van der Waals surface area contributed by atoms with Crippen molar-refractivity contribution in [3.05, 3.63) is 66.0 Å². The zero-order chi connectivity index (χ0) is 22.0. The molecule has 2 aromatic rings. The SMILES string of the molecule is O=C(CCS(=O)(=O)c1ccccc1)N1CCN(C(=O)C2CC2c2ccc(F)cc2)CC1. The van der Waals surface area contributed by atoms with E-state index < -0.39 is 9.84 Å². The summed E-state index contributed by atoms with van der Waals surface area (Å²) in [6.45, 7) is 1.71. The summed E-state index contributed by atoms with van der Waals surface area (Å²) in [5, 5.41) is 0. The molecule has 0 aromatic heterocycles. The van der Waals surface area contributed by atoms with E-state index in [0.29, 0.717) is 26.2 Å². The Morgan fingerprint density at radius 1 is 0.903 bits per heavy atom. The third-order valence-corrected chi connectivity index (χ3v) is 7.77. The molecule has 2 fully saturated rings. The molecule has 1 saturated heterocycles. The van der Waals surface area contributed by atoms with Gasteiger partial charge in [0.05, 0.1) is 10.6 Å². The number of sulfone groups is 1. The molecule has 2 aliphatic rings. The Hall–Kier alpha value is -2.74. The van der Waals surface area contributed by atoms with Crippen LogP contribution in [0.4, 0.5) is 4.39 Å². The summed E-state index contributed by atoms with van der Waals surface area (Å²) in [7, 11) is -3.49. The second-order valence-electron chi connectivity index (χ2n) is 8.09. The Bertz CT molecular complexity index is 1050. The Balaban J connectivity index is 1.24. The average Bonchev–Trinajstić information content (AvgIpc) is 3.59. The highest BCUT2D eigenvalue weighted by atomic mass is 32.2. The van der Waals surface area contributed by atoms with Gasteiger partial charge in [-0.3, -0.25) is 9.59 Å². The van der Waals surface area contributed by atoms with Crippen molar-refractivity contribution in [2.24, 2.45) is 5.92 Å². The minimum atomic E-state index is -3.49. The quantitative estimate of drug-likeness (QED) is 0.686. The molecule has 2 amide bonds. The number of halogens is 1. The summed E-state index contributed by atoms with van der Waals surface area (Å²) in [5.74, 6) is -0.587. The lowest BCUT2D eigenvalue weighted by atomic mass is 10.1. The molecule has 0 N–H and O–H groups in total. The van der Waals surface area contributed by atoms with Crippen molar-refractivity contribution in [1.29, 1.82) is 0 Å². The zero-order valence-electron chi connectivity index (χ0n) is 17.1. The molecule has 0 bridgehead atoms. The lowest BCUT2D eigenvalue weighted by Gasteiger charge is -2.35. The van der Waals surface area contributed by atoms with Gasteiger partial charge in [0, 0.05) is 38.5 Å². The van der Waals surface area contributed by atoms with Crippen LogP contribution in [0.15, 0.2) is 59.5 Å². The van der Waals surface area contributed by atoms with Crippen LogP contribution in [0, 0.1) is 11.7 Å². The van der Waals surface area contributed by atoms with E-state index in [0.717, 1.165) is 12.0 Å². The van der Waals surface area contributed by atoms with Crippen molar-refractivity contribution in [2.75, 3.05) is 31.9 Å². The van der Waals surface area contributed by atoms with Gasteiger partial charge >= 0.3 is 0 Å². The summed E-state index contributed by atoms with van der Waals surface area (Å²) in [6.07, 6.45) is 0.696. The number of carbonyl (C=O) groups excluding carboxylic acids is 2. The maximum Gasteiger partial charge on any atom is 0.226 e. The maximum atomic E-state index is 13.1. The molecular weight excluding hydrogens is 419 g/mol. The number of hydrogen-bond donors (Lipinski definition) is 0. The van der Waals surface area contributed by atoms with Crippen LogP contribution in [0.3, 0.4) is 0 Å². The molecule has 1 heterocycles. The molecular formula is C23H25FN2O4S. The molecule has 1 aliphatic carbocycles. The lowest BCUT2D eigenvalue weighted by Crippen LogP contribution is -2.51. The summed E-state index contributed by atoms with van der Waals surface area (Å²) in [4.78, 5) is 28.9. The molecule has 0 spiro atoms. The van der Waals surface area contributed by atoms with Crippen molar-refractivity contribution in [2.45, 2.75) is 23.7 Å². The topological polar surface area (TPSA) is 74.8 Å². The maximum absolute atomic E-state index is 13.1. The third kappa shape index (κ3) is 4.95. The number of benzene rings is 2. The predicted molar refractivity (Wildman–Crippen MR) is 114 cm³/mol. The fourth-order valence-corrected chi connectivity index (χ4v) is 5.33. The van der Waals surface area contributed by atoms with Gasteiger partial charge in [0.1, 0.15) is 5.82 Å². The lowest BCUT2D eigenvalue weighted by molar-refractivity contribution is -0.140. The van der Waals surface area contributed by atoms with Gasteiger partial charge in [-0.2, -0.15) is 0 Å². The molecule has 0 radical (unpaired) electrons. The molecule has 8 heteroatoms. The second kappa shape index (κ2) is 8.78. The fourth-order valence-electron chi connectivity index (χ4n) is 4.08. The first-order valence-electron chi connectivity index (χ1n) is 10.4. The standard InChI is InChI=1S/C23H25FN2O4S/c24-18-8-6-17(7-9-18)20-16-21(20)23(28)26-13-11-25(12-14-26)22(27)10-15-31(29,30)19-4-2-1-3-5-19/h1-9,20-21H,10-16H2. The minimum absolute atomic E-state index is 0.0690. The highest BCUT2D eigenvalue weighted by Gasteiger charge is 2.46. The van der Waals surface area contributed by atoms with Gasteiger partial charge in [0.25, 0.3) is 0 Å². The molecule has 31 heavy (non-hydrogen) atoms. The molecule has 2 aromatic carbocycles. The monoisotopic (exact) mass is 444 g/mol. The van der Waals surface area contributed by atoms with Crippen molar-refractivity contribution in [3.63, 3.8) is 0 Å². The molecule has 4 rings (SSSR count). The van der Waals surface area contributed by atoms with Crippen LogP contribution >= 0.6 is 0 Å². The number of rotatable bonds is 6. The molecule has 164 valence electrons. The molecule has 2 unspecified atom stereocenters. The van der Waals surface area contributed by atoms with E-state index in [1.54, 1.807) is 40.1 Å².